The monoisotopic (exact) mass is 235 g/mol. The molecule has 0 heterocycles. The molecule has 0 rings (SSSR count). The molecule has 0 aliphatic rings. The van der Waals surface area contributed by atoms with Gasteiger partial charge >= 0.3 is 12.1 Å². The number of unbranched alkanes of at least 4 members (excludes halogenated alkanes) is 1. The fraction of sp³-hybridized carbons (Fsp3) is 0.857. The number of halogens is 4. The highest BCUT2D eigenvalue weighted by Crippen LogP contribution is 2.30. The van der Waals surface area contributed by atoms with Gasteiger partial charge in [0, 0.05) is 0 Å². The number of aliphatic carboxylic acids is 1. The molecule has 0 bridgehead atoms. The Morgan fingerprint density at radius 1 is 1.36 bits per heavy atom. The van der Waals surface area contributed by atoms with Crippen LogP contribution in [-0.4, -0.2) is 23.8 Å². The number of hydrogen-bond acceptors (Lipinski definition) is 2. The van der Waals surface area contributed by atoms with Crippen molar-refractivity contribution in [1.29, 1.82) is 0 Å². The molecule has 1 atom stereocenters. The fourth-order valence-corrected chi connectivity index (χ4v) is 0.920. The molecule has 0 fully saturated rings. The Morgan fingerprint density at radius 3 is 2.14 bits per heavy atom. The standard InChI is InChI=1S/C7H12F3NO2.ClH/c8-7(9,10)5(6(12)13)3-1-2-4-11;/h5H,1-4,11H2,(H,12,13);1H. The maximum absolute atomic E-state index is 12.0. The van der Waals surface area contributed by atoms with Crippen LogP contribution in [0.2, 0.25) is 0 Å². The highest BCUT2D eigenvalue weighted by Gasteiger charge is 2.44. The smallest absolute Gasteiger partial charge is 0.402 e. The first-order valence-corrected chi connectivity index (χ1v) is 3.89. The quantitative estimate of drug-likeness (QED) is 0.715. The molecule has 1 unspecified atom stereocenters. The number of hydrogen-bond donors (Lipinski definition) is 2. The molecule has 7 heteroatoms. The second-order valence-electron chi connectivity index (χ2n) is 2.72. The summed E-state index contributed by atoms with van der Waals surface area (Å²) in [6, 6.07) is 0. The number of carbonyl (C=O) groups is 1. The van der Waals surface area contributed by atoms with E-state index in [9.17, 15) is 18.0 Å². The summed E-state index contributed by atoms with van der Waals surface area (Å²) in [5.74, 6) is -4.07. The van der Waals surface area contributed by atoms with Crippen molar-refractivity contribution in [2.75, 3.05) is 6.54 Å². The Morgan fingerprint density at radius 2 is 1.86 bits per heavy atom. The average molecular weight is 236 g/mol. The molecule has 86 valence electrons. The second-order valence-corrected chi connectivity index (χ2v) is 2.72. The van der Waals surface area contributed by atoms with Gasteiger partial charge in [-0.25, -0.2) is 0 Å². The molecule has 14 heavy (non-hydrogen) atoms. The third-order valence-corrected chi connectivity index (χ3v) is 1.64. The maximum Gasteiger partial charge on any atom is 0.402 e. The van der Waals surface area contributed by atoms with E-state index in [1.165, 1.54) is 0 Å². The first-order valence-electron chi connectivity index (χ1n) is 3.89. The van der Waals surface area contributed by atoms with Gasteiger partial charge in [-0.1, -0.05) is 6.42 Å². The van der Waals surface area contributed by atoms with Gasteiger partial charge in [-0.15, -0.1) is 12.4 Å². The number of rotatable bonds is 5. The van der Waals surface area contributed by atoms with Crippen LogP contribution in [0.5, 0.6) is 0 Å². The Hall–Kier alpha value is -0.490. The molecule has 0 radical (unpaired) electrons. The van der Waals surface area contributed by atoms with Gasteiger partial charge in [0.05, 0.1) is 0 Å². The lowest BCUT2D eigenvalue weighted by Gasteiger charge is -2.15. The van der Waals surface area contributed by atoms with Crippen molar-refractivity contribution in [2.24, 2.45) is 11.7 Å². The van der Waals surface area contributed by atoms with Crippen LogP contribution in [0.25, 0.3) is 0 Å². The van der Waals surface area contributed by atoms with Crippen LogP contribution in [0, 0.1) is 5.92 Å². The molecule has 0 saturated carbocycles. The van der Waals surface area contributed by atoms with E-state index in [4.69, 9.17) is 10.8 Å². The molecule has 0 aliphatic heterocycles. The van der Waals surface area contributed by atoms with Crippen molar-refractivity contribution < 1.29 is 23.1 Å². The first-order chi connectivity index (χ1) is 5.89. The van der Waals surface area contributed by atoms with Crippen molar-refractivity contribution in [3.05, 3.63) is 0 Å². The Labute approximate surface area is 85.9 Å². The van der Waals surface area contributed by atoms with E-state index in [0.29, 0.717) is 6.42 Å². The van der Waals surface area contributed by atoms with E-state index < -0.39 is 24.5 Å². The first kappa shape index (κ1) is 16.0. The van der Waals surface area contributed by atoms with Crippen LogP contribution in [0.4, 0.5) is 13.2 Å². The zero-order valence-corrected chi connectivity index (χ0v) is 8.20. The van der Waals surface area contributed by atoms with Gasteiger partial charge < -0.3 is 10.8 Å². The third-order valence-electron chi connectivity index (χ3n) is 1.64. The highest BCUT2D eigenvalue weighted by molar-refractivity contribution is 5.85. The van der Waals surface area contributed by atoms with Crippen molar-refractivity contribution in [3.8, 4) is 0 Å². The normalized spacial score (nSPS) is 13.1. The summed E-state index contributed by atoms with van der Waals surface area (Å²) in [7, 11) is 0. The molecule has 0 aromatic carbocycles. The van der Waals surface area contributed by atoms with Crippen LogP contribution in [0.3, 0.4) is 0 Å². The van der Waals surface area contributed by atoms with Crippen molar-refractivity contribution in [3.63, 3.8) is 0 Å². The predicted molar refractivity (Wildman–Crippen MR) is 47.3 cm³/mol. The van der Waals surface area contributed by atoms with Crippen LogP contribution < -0.4 is 5.73 Å². The van der Waals surface area contributed by atoms with Gasteiger partial charge in [-0.05, 0) is 19.4 Å². The molecule has 0 aromatic rings. The van der Waals surface area contributed by atoms with Gasteiger partial charge in [0.15, 0.2) is 5.92 Å². The topological polar surface area (TPSA) is 63.3 Å². The maximum atomic E-state index is 12.0. The SMILES string of the molecule is Cl.NCCCCC(C(=O)O)C(F)(F)F. The van der Waals surface area contributed by atoms with Gasteiger partial charge in [-0.2, -0.15) is 13.2 Å². The molecule has 3 N–H and O–H groups in total. The zero-order valence-electron chi connectivity index (χ0n) is 7.38. The summed E-state index contributed by atoms with van der Waals surface area (Å²) in [4.78, 5) is 10.2. The van der Waals surface area contributed by atoms with Crippen molar-refractivity contribution in [1.82, 2.24) is 0 Å². The lowest BCUT2D eigenvalue weighted by molar-refractivity contribution is -0.194. The fourth-order valence-electron chi connectivity index (χ4n) is 0.920. The van der Waals surface area contributed by atoms with Crippen LogP contribution >= 0.6 is 12.4 Å². The molecular weight excluding hydrogens is 223 g/mol. The van der Waals surface area contributed by atoms with E-state index in [2.05, 4.69) is 0 Å². The Kier molecular flexibility index (Phi) is 7.85. The number of carboxylic acids is 1. The molecule has 0 aromatic heterocycles. The second kappa shape index (κ2) is 6.89. The number of nitrogens with two attached hydrogens (primary N) is 1. The van der Waals surface area contributed by atoms with Crippen LogP contribution in [0.15, 0.2) is 0 Å². The third kappa shape index (κ3) is 6.04. The Bertz CT molecular complexity index is 175. The molecule has 0 saturated heterocycles. The van der Waals surface area contributed by atoms with E-state index in [-0.39, 0.29) is 25.4 Å². The summed E-state index contributed by atoms with van der Waals surface area (Å²) in [5, 5.41) is 8.26. The lowest BCUT2D eigenvalue weighted by Crippen LogP contribution is -2.30. The van der Waals surface area contributed by atoms with E-state index in [1.54, 1.807) is 0 Å². The highest BCUT2D eigenvalue weighted by atomic mass is 35.5. The molecule has 0 aliphatic carbocycles. The summed E-state index contributed by atoms with van der Waals surface area (Å²) in [5.41, 5.74) is 5.07. The van der Waals surface area contributed by atoms with Crippen LogP contribution in [-0.2, 0) is 4.79 Å². The molecule has 3 nitrogen and oxygen atoms in total. The molecular formula is C7H13ClF3NO2. The summed E-state index contributed by atoms with van der Waals surface area (Å²) >= 11 is 0. The van der Waals surface area contributed by atoms with Crippen molar-refractivity contribution >= 4 is 18.4 Å². The average Bonchev–Trinajstić information content (AvgIpc) is 1.94. The molecule has 0 amide bonds. The number of carboxylic acid groups (broad SMARTS) is 1. The summed E-state index contributed by atoms with van der Waals surface area (Å²) in [6.45, 7) is 0.282. The largest absolute Gasteiger partial charge is 0.481 e. The zero-order chi connectivity index (χ0) is 10.5. The minimum atomic E-state index is -4.65. The van der Waals surface area contributed by atoms with E-state index >= 15 is 0 Å². The van der Waals surface area contributed by atoms with Gasteiger partial charge in [0.25, 0.3) is 0 Å². The minimum Gasteiger partial charge on any atom is -0.481 e. The summed E-state index contributed by atoms with van der Waals surface area (Å²) in [6.07, 6.45) is -4.44. The van der Waals surface area contributed by atoms with Crippen LogP contribution in [0.1, 0.15) is 19.3 Å². The predicted octanol–water partition coefficient (Wildman–Crippen LogP) is 1.80. The Balaban J connectivity index is 0. The van der Waals surface area contributed by atoms with Gasteiger partial charge in [0.2, 0.25) is 0 Å². The van der Waals surface area contributed by atoms with E-state index in [1.807, 2.05) is 0 Å². The molecule has 0 spiro atoms. The summed E-state index contributed by atoms with van der Waals surface area (Å²) < 4.78 is 36.0. The van der Waals surface area contributed by atoms with Crippen molar-refractivity contribution in [2.45, 2.75) is 25.4 Å². The number of alkyl halides is 3. The van der Waals surface area contributed by atoms with Gasteiger partial charge in [-0.3, -0.25) is 4.79 Å². The minimum absolute atomic E-state index is 0. The van der Waals surface area contributed by atoms with Gasteiger partial charge in [0.1, 0.15) is 0 Å². The van der Waals surface area contributed by atoms with E-state index in [0.717, 1.165) is 0 Å². The lowest BCUT2D eigenvalue weighted by atomic mass is 10.0.